The average molecular weight is 283 g/mol. The van der Waals surface area contributed by atoms with Crippen LogP contribution >= 0.6 is 0 Å². The highest BCUT2D eigenvalue weighted by molar-refractivity contribution is 5.38. The summed E-state index contributed by atoms with van der Waals surface area (Å²) in [6.45, 7) is 2.03. The highest BCUT2D eigenvalue weighted by Gasteiger charge is 2.31. The van der Waals surface area contributed by atoms with Gasteiger partial charge in [0.25, 0.3) is 0 Å². The minimum absolute atomic E-state index is 0.180. The molecule has 0 fully saturated rings. The van der Waals surface area contributed by atoms with Crippen LogP contribution in [0.3, 0.4) is 0 Å². The van der Waals surface area contributed by atoms with Crippen LogP contribution in [0, 0.1) is 12.7 Å². The first-order valence-corrected chi connectivity index (χ1v) is 7.71. The lowest BCUT2D eigenvalue weighted by Gasteiger charge is -2.31. The van der Waals surface area contributed by atoms with Gasteiger partial charge in [-0.1, -0.05) is 36.8 Å². The first-order valence-electron chi connectivity index (χ1n) is 7.71. The number of benzene rings is 2. The zero-order valence-corrected chi connectivity index (χ0v) is 12.5. The standard InChI is InChI=1S/C19H22FN/c1-14-9-10-17(20)12-16(14)13-19(21)11-5-4-7-15-6-2-3-8-18(15)19/h2-3,6,8-10,12H,4-5,7,11,13,21H2,1H3. The number of fused-ring (bicyclic) bond motifs is 1. The van der Waals surface area contributed by atoms with Crippen LogP contribution in [0.1, 0.15) is 41.5 Å². The van der Waals surface area contributed by atoms with E-state index in [1.807, 2.05) is 13.0 Å². The molecular weight excluding hydrogens is 261 g/mol. The van der Waals surface area contributed by atoms with Crippen LogP contribution in [0.25, 0.3) is 0 Å². The molecule has 1 atom stereocenters. The van der Waals surface area contributed by atoms with Gasteiger partial charge in [-0.3, -0.25) is 0 Å². The molecule has 0 radical (unpaired) electrons. The van der Waals surface area contributed by atoms with E-state index in [2.05, 4.69) is 24.3 Å². The smallest absolute Gasteiger partial charge is 0.123 e. The van der Waals surface area contributed by atoms with Crippen LogP contribution in [-0.4, -0.2) is 0 Å². The largest absolute Gasteiger partial charge is 0.321 e. The second kappa shape index (κ2) is 5.61. The van der Waals surface area contributed by atoms with E-state index in [4.69, 9.17) is 5.73 Å². The van der Waals surface area contributed by atoms with Crippen molar-refractivity contribution in [3.8, 4) is 0 Å². The summed E-state index contributed by atoms with van der Waals surface area (Å²) in [5.41, 5.74) is 11.1. The Labute approximate surface area is 126 Å². The van der Waals surface area contributed by atoms with Crippen LogP contribution in [-0.2, 0) is 18.4 Å². The summed E-state index contributed by atoms with van der Waals surface area (Å²) in [5, 5.41) is 0. The highest BCUT2D eigenvalue weighted by atomic mass is 19.1. The Morgan fingerprint density at radius 1 is 1.14 bits per heavy atom. The van der Waals surface area contributed by atoms with Crippen LogP contribution in [0.2, 0.25) is 0 Å². The molecule has 2 heteroatoms. The van der Waals surface area contributed by atoms with Crippen LogP contribution in [0.4, 0.5) is 4.39 Å². The van der Waals surface area contributed by atoms with Gasteiger partial charge in [-0.05, 0) is 67.0 Å². The van der Waals surface area contributed by atoms with Crippen molar-refractivity contribution in [1.82, 2.24) is 0 Å². The number of nitrogens with two attached hydrogens (primary N) is 1. The van der Waals surface area contributed by atoms with Crippen molar-refractivity contribution in [2.45, 2.75) is 44.6 Å². The fourth-order valence-corrected chi connectivity index (χ4v) is 3.47. The number of hydrogen-bond donors (Lipinski definition) is 1. The number of halogens is 1. The highest BCUT2D eigenvalue weighted by Crippen LogP contribution is 2.35. The van der Waals surface area contributed by atoms with E-state index in [0.29, 0.717) is 6.42 Å². The minimum atomic E-state index is -0.383. The second-order valence-electron chi connectivity index (χ2n) is 6.27. The molecule has 0 amide bonds. The zero-order chi connectivity index (χ0) is 14.9. The molecule has 21 heavy (non-hydrogen) atoms. The van der Waals surface area contributed by atoms with Crippen molar-refractivity contribution in [2.75, 3.05) is 0 Å². The molecule has 1 unspecified atom stereocenters. The maximum Gasteiger partial charge on any atom is 0.123 e. The predicted octanol–water partition coefficient (Wildman–Crippen LogP) is 4.26. The van der Waals surface area contributed by atoms with E-state index in [9.17, 15) is 4.39 Å². The summed E-state index contributed by atoms with van der Waals surface area (Å²) in [4.78, 5) is 0. The van der Waals surface area contributed by atoms with Crippen molar-refractivity contribution in [3.05, 3.63) is 70.5 Å². The Kier molecular flexibility index (Phi) is 3.81. The maximum atomic E-state index is 13.6. The molecule has 2 aromatic carbocycles. The first kappa shape index (κ1) is 14.3. The summed E-state index contributed by atoms with van der Waals surface area (Å²) in [6.07, 6.45) is 5.06. The SMILES string of the molecule is Cc1ccc(F)cc1CC1(N)CCCCc2ccccc21. The third-order valence-electron chi connectivity index (χ3n) is 4.69. The van der Waals surface area contributed by atoms with E-state index in [0.717, 1.165) is 30.4 Å². The van der Waals surface area contributed by atoms with Gasteiger partial charge in [-0.2, -0.15) is 0 Å². The molecule has 0 heterocycles. The molecule has 0 saturated heterocycles. The maximum absolute atomic E-state index is 13.6. The molecule has 0 spiro atoms. The molecule has 0 aliphatic heterocycles. The van der Waals surface area contributed by atoms with Gasteiger partial charge in [0.05, 0.1) is 0 Å². The molecule has 1 aliphatic rings. The van der Waals surface area contributed by atoms with Crippen molar-refractivity contribution >= 4 is 0 Å². The van der Waals surface area contributed by atoms with Crippen LogP contribution < -0.4 is 5.73 Å². The first-order chi connectivity index (χ1) is 10.1. The van der Waals surface area contributed by atoms with Gasteiger partial charge in [-0.15, -0.1) is 0 Å². The number of aryl methyl sites for hydroxylation is 2. The zero-order valence-electron chi connectivity index (χ0n) is 12.5. The van der Waals surface area contributed by atoms with Gasteiger partial charge >= 0.3 is 0 Å². The molecule has 1 nitrogen and oxygen atoms in total. The number of rotatable bonds is 2. The van der Waals surface area contributed by atoms with E-state index >= 15 is 0 Å². The Hall–Kier alpha value is -1.67. The van der Waals surface area contributed by atoms with Crippen molar-refractivity contribution < 1.29 is 4.39 Å². The van der Waals surface area contributed by atoms with Crippen LogP contribution in [0.15, 0.2) is 42.5 Å². The molecule has 110 valence electrons. The third-order valence-corrected chi connectivity index (χ3v) is 4.69. The predicted molar refractivity (Wildman–Crippen MR) is 84.7 cm³/mol. The quantitative estimate of drug-likeness (QED) is 0.819. The average Bonchev–Trinajstić information content (AvgIpc) is 2.63. The van der Waals surface area contributed by atoms with E-state index in [-0.39, 0.29) is 11.4 Å². The van der Waals surface area contributed by atoms with Gasteiger partial charge in [0.15, 0.2) is 0 Å². The fraction of sp³-hybridized carbons (Fsp3) is 0.368. The summed E-state index contributed by atoms with van der Waals surface area (Å²) < 4.78 is 13.6. The number of hydrogen-bond acceptors (Lipinski definition) is 1. The topological polar surface area (TPSA) is 26.0 Å². The van der Waals surface area contributed by atoms with Crippen LogP contribution in [0.5, 0.6) is 0 Å². The molecule has 0 bridgehead atoms. The second-order valence-corrected chi connectivity index (χ2v) is 6.27. The minimum Gasteiger partial charge on any atom is -0.321 e. The van der Waals surface area contributed by atoms with Gasteiger partial charge in [0, 0.05) is 5.54 Å². The van der Waals surface area contributed by atoms with Gasteiger partial charge in [0.1, 0.15) is 5.82 Å². The summed E-state index contributed by atoms with van der Waals surface area (Å²) in [5.74, 6) is -0.180. The molecule has 0 aromatic heterocycles. The van der Waals surface area contributed by atoms with Crippen molar-refractivity contribution in [2.24, 2.45) is 5.73 Å². The molecule has 2 aromatic rings. The Morgan fingerprint density at radius 3 is 2.81 bits per heavy atom. The fourth-order valence-electron chi connectivity index (χ4n) is 3.47. The summed E-state index contributed by atoms with van der Waals surface area (Å²) >= 11 is 0. The normalized spacial score (nSPS) is 21.7. The molecule has 1 aliphatic carbocycles. The van der Waals surface area contributed by atoms with Gasteiger partial charge in [-0.25, -0.2) is 4.39 Å². The molecular formula is C19H22FN. The van der Waals surface area contributed by atoms with E-state index in [1.54, 1.807) is 6.07 Å². The van der Waals surface area contributed by atoms with Crippen molar-refractivity contribution in [1.29, 1.82) is 0 Å². The molecule has 2 N–H and O–H groups in total. The molecule has 0 saturated carbocycles. The lowest BCUT2D eigenvalue weighted by molar-refractivity contribution is 0.397. The molecule has 3 rings (SSSR count). The van der Waals surface area contributed by atoms with E-state index in [1.165, 1.54) is 23.6 Å². The van der Waals surface area contributed by atoms with Crippen molar-refractivity contribution in [3.63, 3.8) is 0 Å². The van der Waals surface area contributed by atoms with Gasteiger partial charge in [0.2, 0.25) is 0 Å². The summed E-state index contributed by atoms with van der Waals surface area (Å²) in [7, 11) is 0. The lowest BCUT2D eigenvalue weighted by atomic mass is 9.79. The lowest BCUT2D eigenvalue weighted by Crippen LogP contribution is -2.39. The monoisotopic (exact) mass is 283 g/mol. The summed E-state index contributed by atoms with van der Waals surface area (Å²) in [6, 6.07) is 13.5. The Morgan fingerprint density at radius 2 is 1.95 bits per heavy atom. The Bertz CT molecular complexity index is 650. The van der Waals surface area contributed by atoms with Gasteiger partial charge < -0.3 is 5.73 Å². The van der Waals surface area contributed by atoms with E-state index < -0.39 is 0 Å². The third kappa shape index (κ3) is 2.86. The Balaban J connectivity index is 2.02.